The Hall–Kier alpha value is -1.51. The molecule has 1 aliphatic rings. The van der Waals surface area contributed by atoms with Crippen LogP contribution in [0.4, 0.5) is 0 Å². The molecule has 0 bridgehead atoms. The molecule has 0 fully saturated rings. The number of fused-ring (bicyclic) bond motifs is 1. The smallest absolute Gasteiger partial charge is 0.190 e. The Bertz CT molecular complexity index is 373. The maximum absolute atomic E-state index is 4.10. The number of nitrogens with one attached hydrogen (secondary N) is 2. The lowest BCUT2D eigenvalue weighted by Gasteiger charge is -2.11. The molecule has 1 aliphatic carbocycles. The molecule has 0 saturated carbocycles. The van der Waals surface area contributed by atoms with Gasteiger partial charge in [0.1, 0.15) is 0 Å². The third kappa shape index (κ3) is 2.99. The molecule has 17 heavy (non-hydrogen) atoms. The molecule has 0 aliphatic heterocycles. The van der Waals surface area contributed by atoms with Crippen LogP contribution < -0.4 is 10.6 Å². The lowest BCUT2D eigenvalue weighted by atomic mass is 10.0. The molecule has 0 unspecified atom stereocenters. The van der Waals surface area contributed by atoms with Crippen LogP contribution in [0.1, 0.15) is 17.5 Å². The summed E-state index contributed by atoms with van der Waals surface area (Å²) in [7, 11) is 3.69. The van der Waals surface area contributed by atoms with Gasteiger partial charge in [-0.3, -0.25) is 4.99 Å². The summed E-state index contributed by atoms with van der Waals surface area (Å²) < 4.78 is 0. The molecule has 3 nitrogen and oxygen atoms in total. The van der Waals surface area contributed by atoms with Gasteiger partial charge in [0.25, 0.3) is 0 Å². The first-order chi connectivity index (χ1) is 8.33. The summed E-state index contributed by atoms with van der Waals surface area (Å²) in [5.74, 6) is 1.66. The summed E-state index contributed by atoms with van der Waals surface area (Å²) in [4.78, 5) is 4.10. The number of aliphatic imine (C=N–C) groups is 1. The first-order valence-electron chi connectivity index (χ1n) is 6.28. The summed E-state index contributed by atoms with van der Waals surface area (Å²) in [6.07, 6.45) is 3.67. The van der Waals surface area contributed by atoms with Crippen molar-refractivity contribution in [2.45, 2.75) is 19.3 Å². The van der Waals surface area contributed by atoms with Gasteiger partial charge in [-0.2, -0.15) is 0 Å². The predicted molar refractivity (Wildman–Crippen MR) is 72.4 cm³/mol. The van der Waals surface area contributed by atoms with Crippen molar-refractivity contribution in [3.63, 3.8) is 0 Å². The molecule has 0 aromatic heterocycles. The molecule has 0 spiro atoms. The van der Waals surface area contributed by atoms with E-state index in [9.17, 15) is 0 Å². The van der Waals surface area contributed by atoms with Crippen molar-refractivity contribution in [1.82, 2.24) is 10.6 Å². The standard InChI is InChI=1S/C14H21N3/c1-15-14(16-2)17-8-7-11-9-12-5-3-4-6-13(12)10-11/h3-6,11H,7-10H2,1-2H3,(H2,15,16,17). The van der Waals surface area contributed by atoms with Gasteiger partial charge in [-0.05, 0) is 36.3 Å². The highest BCUT2D eigenvalue weighted by molar-refractivity contribution is 5.79. The second-order valence-corrected chi connectivity index (χ2v) is 4.58. The molecule has 2 rings (SSSR count). The number of hydrogen-bond acceptors (Lipinski definition) is 1. The molecule has 1 aromatic carbocycles. The van der Waals surface area contributed by atoms with E-state index in [1.165, 1.54) is 30.4 Å². The van der Waals surface area contributed by atoms with Crippen LogP contribution in [-0.4, -0.2) is 26.6 Å². The second kappa shape index (κ2) is 5.71. The molecule has 0 heterocycles. The summed E-state index contributed by atoms with van der Waals surface area (Å²) in [5.41, 5.74) is 3.07. The lowest BCUT2D eigenvalue weighted by molar-refractivity contribution is 0.509. The number of guanidine groups is 1. The third-order valence-electron chi connectivity index (χ3n) is 3.44. The van der Waals surface area contributed by atoms with Gasteiger partial charge in [0.15, 0.2) is 5.96 Å². The molecule has 0 amide bonds. The zero-order chi connectivity index (χ0) is 12.1. The fourth-order valence-corrected chi connectivity index (χ4v) is 2.53. The Kier molecular flexibility index (Phi) is 4.02. The Balaban J connectivity index is 1.77. The molecule has 1 aromatic rings. The fourth-order valence-electron chi connectivity index (χ4n) is 2.53. The summed E-state index contributed by atoms with van der Waals surface area (Å²) in [5, 5.41) is 6.34. The van der Waals surface area contributed by atoms with E-state index in [0.29, 0.717) is 0 Å². The Morgan fingerprint density at radius 3 is 2.47 bits per heavy atom. The maximum atomic E-state index is 4.10. The van der Waals surface area contributed by atoms with Gasteiger partial charge in [0.2, 0.25) is 0 Å². The molecule has 0 atom stereocenters. The van der Waals surface area contributed by atoms with Gasteiger partial charge in [-0.25, -0.2) is 0 Å². The third-order valence-corrected chi connectivity index (χ3v) is 3.44. The highest BCUT2D eigenvalue weighted by Gasteiger charge is 2.20. The Morgan fingerprint density at radius 2 is 1.94 bits per heavy atom. The highest BCUT2D eigenvalue weighted by Crippen LogP contribution is 2.28. The zero-order valence-electron chi connectivity index (χ0n) is 10.7. The van der Waals surface area contributed by atoms with E-state index in [4.69, 9.17) is 0 Å². The normalized spacial score (nSPS) is 15.8. The fraction of sp³-hybridized carbons (Fsp3) is 0.500. The Morgan fingerprint density at radius 1 is 1.29 bits per heavy atom. The van der Waals surface area contributed by atoms with Crippen molar-refractivity contribution >= 4 is 5.96 Å². The topological polar surface area (TPSA) is 36.4 Å². The molecular weight excluding hydrogens is 210 g/mol. The quantitative estimate of drug-likeness (QED) is 0.612. The van der Waals surface area contributed by atoms with Crippen molar-refractivity contribution in [3.05, 3.63) is 35.4 Å². The molecule has 0 radical (unpaired) electrons. The largest absolute Gasteiger partial charge is 0.359 e. The number of nitrogens with zero attached hydrogens (tertiary/aromatic N) is 1. The van der Waals surface area contributed by atoms with E-state index in [-0.39, 0.29) is 0 Å². The average Bonchev–Trinajstić information content (AvgIpc) is 2.77. The van der Waals surface area contributed by atoms with Crippen molar-refractivity contribution in [3.8, 4) is 0 Å². The Labute approximate surface area is 103 Å². The summed E-state index contributed by atoms with van der Waals surface area (Å²) >= 11 is 0. The van der Waals surface area contributed by atoms with E-state index in [0.717, 1.165) is 18.4 Å². The minimum atomic E-state index is 0.787. The van der Waals surface area contributed by atoms with Crippen molar-refractivity contribution in [2.75, 3.05) is 20.6 Å². The van der Waals surface area contributed by atoms with Gasteiger partial charge < -0.3 is 10.6 Å². The van der Waals surface area contributed by atoms with Gasteiger partial charge in [-0.1, -0.05) is 24.3 Å². The molecule has 2 N–H and O–H groups in total. The van der Waals surface area contributed by atoms with Crippen molar-refractivity contribution in [1.29, 1.82) is 0 Å². The van der Waals surface area contributed by atoms with Crippen LogP contribution in [0.2, 0.25) is 0 Å². The van der Waals surface area contributed by atoms with E-state index < -0.39 is 0 Å². The molecule has 92 valence electrons. The first-order valence-corrected chi connectivity index (χ1v) is 6.28. The highest BCUT2D eigenvalue weighted by atomic mass is 15.1. The average molecular weight is 231 g/mol. The predicted octanol–water partition coefficient (Wildman–Crippen LogP) is 1.59. The lowest BCUT2D eigenvalue weighted by Crippen LogP contribution is -2.35. The SMILES string of the molecule is CN=C(NC)NCCC1Cc2ccccc2C1. The minimum absolute atomic E-state index is 0.787. The van der Waals surface area contributed by atoms with Crippen LogP contribution in [0.25, 0.3) is 0 Å². The molecule has 3 heteroatoms. The van der Waals surface area contributed by atoms with Crippen molar-refractivity contribution < 1.29 is 0 Å². The van der Waals surface area contributed by atoms with Crippen LogP contribution in [0.5, 0.6) is 0 Å². The van der Waals surface area contributed by atoms with Gasteiger partial charge in [0.05, 0.1) is 0 Å². The van der Waals surface area contributed by atoms with E-state index in [1.54, 1.807) is 7.05 Å². The minimum Gasteiger partial charge on any atom is -0.359 e. The first kappa shape index (κ1) is 12.0. The monoisotopic (exact) mass is 231 g/mol. The van der Waals surface area contributed by atoms with E-state index in [2.05, 4.69) is 39.9 Å². The zero-order valence-corrected chi connectivity index (χ0v) is 10.7. The van der Waals surface area contributed by atoms with Crippen LogP contribution >= 0.6 is 0 Å². The van der Waals surface area contributed by atoms with Gasteiger partial charge in [0, 0.05) is 20.6 Å². The molecular formula is C14H21N3. The van der Waals surface area contributed by atoms with Crippen molar-refractivity contribution in [2.24, 2.45) is 10.9 Å². The second-order valence-electron chi connectivity index (χ2n) is 4.58. The van der Waals surface area contributed by atoms with E-state index >= 15 is 0 Å². The number of hydrogen-bond donors (Lipinski definition) is 2. The van der Waals surface area contributed by atoms with Crippen LogP contribution in [0.3, 0.4) is 0 Å². The van der Waals surface area contributed by atoms with Gasteiger partial charge >= 0.3 is 0 Å². The molecule has 0 saturated heterocycles. The summed E-state index contributed by atoms with van der Waals surface area (Å²) in [6.45, 7) is 0.992. The summed E-state index contributed by atoms with van der Waals surface area (Å²) in [6, 6.07) is 8.80. The number of rotatable bonds is 3. The van der Waals surface area contributed by atoms with Crippen LogP contribution in [0, 0.1) is 5.92 Å². The van der Waals surface area contributed by atoms with E-state index in [1.807, 2.05) is 7.05 Å². The van der Waals surface area contributed by atoms with Crippen LogP contribution in [0.15, 0.2) is 29.3 Å². The van der Waals surface area contributed by atoms with Gasteiger partial charge in [-0.15, -0.1) is 0 Å². The maximum Gasteiger partial charge on any atom is 0.190 e. The number of benzene rings is 1. The van der Waals surface area contributed by atoms with Crippen LogP contribution in [-0.2, 0) is 12.8 Å².